The first-order valence-corrected chi connectivity index (χ1v) is 11.0. The first-order chi connectivity index (χ1) is 15.7. The van der Waals surface area contributed by atoms with Crippen molar-refractivity contribution in [1.29, 1.82) is 0 Å². The molecule has 4 aromatic rings. The van der Waals surface area contributed by atoms with E-state index < -0.39 is 0 Å². The van der Waals surface area contributed by atoms with Gasteiger partial charge in [-0.25, -0.2) is 9.97 Å². The van der Waals surface area contributed by atoms with Crippen molar-refractivity contribution in [1.82, 2.24) is 20.3 Å². The summed E-state index contributed by atoms with van der Waals surface area (Å²) in [6, 6.07) is 18.3. The molecule has 0 spiro atoms. The van der Waals surface area contributed by atoms with Crippen LogP contribution in [-0.2, 0) is 6.42 Å². The third kappa shape index (κ3) is 4.75. The average Bonchev–Trinajstić information content (AvgIpc) is 2.85. The predicted octanol–water partition coefficient (Wildman–Crippen LogP) is 4.51. The first kappa shape index (κ1) is 21.4. The molecular weight excluding hydrogens is 398 g/mol. The third-order valence-corrected chi connectivity index (χ3v) is 5.56. The van der Waals surface area contributed by atoms with Crippen LogP contribution >= 0.6 is 0 Å². The number of amides is 1. The van der Waals surface area contributed by atoms with Gasteiger partial charge in [-0.3, -0.25) is 9.78 Å². The zero-order valence-electron chi connectivity index (χ0n) is 18.5. The fraction of sp³-hybridized carbons (Fsp3) is 0.231. The highest BCUT2D eigenvalue weighted by atomic mass is 16.1. The number of nitrogens with one attached hydrogen (secondary N) is 1. The monoisotopic (exact) mass is 425 g/mol. The van der Waals surface area contributed by atoms with E-state index in [1.165, 1.54) is 5.56 Å². The van der Waals surface area contributed by atoms with Crippen molar-refractivity contribution in [3.05, 3.63) is 84.4 Å². The molecular formula is C26H27N5O. The smallest absolute Gasteiger partial charge is 0.252 e. The fourth-order valence-corrected chi connectivity index (χ4v) is 3.82. The lowest BCUT2D eigenvalue weighted by atomic mass is 10.00. The van der Waals surface area contributed by atoms with Crippen molar-refractivity contribution in [3.8, 4) is 11.1 Å². The molecule has 0 saturated heterocycles. The van der Waals surface area contributed by atoms with Gasteiger partial charge in [0.05, 0.1) is 11.1 Å². The average molecular weight is 426 g/mol. The van der Waals surface area contributed by atoms with Gasteiger partial charge in [0.1, 0.15) is 12.1 Å². The maximum atomic E-state index is 12.2. The molecule has 1 amide bonds. The van der Waals surface area contributed by atoms with Crippen LogP contribution in [0.4, 0.5) is 5.82 Å². The van der Waals surface area contributed by atoms with Crippen LogP contribution in [0.2, 0.25) is 0 Å². The lowest BCUT2D eigenvalue weighted by Gasteiger charge is -2.21. The van der Waals surface area contributed by atoms with E-state index in [4.69, 9.17) is 0 Å². The van der Waals surface area contributed by atoms with Gasteiger partial charge in [-0.15, -0.1) is 0 Å². The summed E-state index contributed by atoms with van der Waals surface area (Å²) < 4.78 is 0. The minimum atomic E-state index is -0.104. The highest BCUT2D eigenvalue weighted by Gasteiger charge is 2.11. The maximum absolute atomic E-state index is 12.2. The van der Waals surface area contributed by atoms with Crippen LogP contribution in [-0.4, -0.2) is 40.5 Å². The lowest BCUT2D eigenvalue weighted by molar-refractivity contribution is 0.0954. The molecule has 0 fully saturated rings. The Bertz CT molecular complexity index is 1210. The van der Waals surface area contributed by atoms with Crippen LogP contribution in [0, 0.1) is 0 Å². The number of fused-ring (bicyclic) bond motifs is 1. The molecule has 162 valence electrons. The van der Waals surface area contributed by atoms with E-state index in [9.17, 15) is 4.79 Å². The molecule has 0 bridgehead atoms. The van der Waals surface area contributed by atoms with Crippen molar-refractivity contribution in [2.75, 3.05) is 24.5 Å². The number of aromatic nitrogens is 3. The number of anilines is 1. The second-order valence-corrected chi connectivity index (χ2v) is 7.55. The predicted molar refractivity (Wildman–Crippen MR) is 129 cm³/mol. The Hall–Kier alpha value is -3.80. The molecule has 2 heterocycles. The standard InChI is InChI=1S/C26H27N5O/c1-3-31(4-2)25-23-16-21(10-11-24(23)29-18-30-25)20-8-5-7-19(15-20)12-14-28-26(32)22-9-6-13-27-17-22/h5-11,13,15-18H,3-4,12,14H2,1-2H3,(H,28,32). The summed E-state index contributed by atoms with van der Waals surface area (Å²) in [5.41, 5.74) is 4.95. The highest BCUT2D eigenvalue weighted by Crippen LogP contribution is 2.29. The van der Waals surface area contributed by atoms with Crippen LogP contribution in [0.1, 0.15) is 29.8 Å². The van der Waals surface area contributed by atoms with Gasteiger partial charge in [-0.05, 0) is 61.2 Å². The van der Waals surface area contributed by atoms with Gasteiger partial charge in [0, 0.05) is 37.4 Å². The van der Waals surface area contributed by atoms with E-state index >= 15 is 0 Å². The number of carbonyl (C=O) groups excluding carboxylic acids is 1. The number of carbonyl (C=O) groups is 1. The van der Waals surface area contributed by atoms with Gasteiger partial charge in [-0.2, -0.15) is 0 Å². The second kappa shape index (κ2) is 10.0. The van der Waals surface area contributed by atoms with Crippen LogP contribution in [0.15, 0.2) is 73.3 Å². The Morgan fingerprint density at radius 3 is 2.59 bits per heavy atom. The molecule has 0 aliphatic carbocycles. The molecule has 0 radical (unpaired) electrons. The van der Waals surface area contributed by atoms with Crippen LogP contribution in [0.3, 0.4) is 0 Å². The molecule has 32 heavy (non-hydrogen) atoms. The van der Waals surface area contributed by atoms with E-state index in [1.807, 2.05) is 0 Å². The van der Waals surface area contributed by atoms with Crippen molar-refractivity contribution in [2.45, 2.75) is 20.3 Å². The van der Waals surface area contributed by atoms with Gasteiger partial charge < -0.3 is 10.2 Å². The van der Waals surface area contributed by atoms with E-state index in [-0.39, 0.29) is 5.91 Å². The van der Waals surface area contributed by atoms with Gasteiger partial charge >= 0.3 is 0 Å². The van der Waals surface area contributed by atoms with Gasteiger partial charge in [0.15, 0.2) is 0 Å². The SMILES string of the molecule is CCN(CC)c1ncnc2ccc(-c3cccc(CCNC(=O)c4cccnc4)c3)cc12. The van der Waals surface area contributed by atoms with Crippen molar-refractivity contribution >= 4 is 22.6 Å². The summed E-state index contributed by atoms with van der Waals surface area (Å²) in [6.07, 6.45) is 5.62. The number of hydrogen-bond acceptors (Lipinski definition) is 5. The Morgan fingerprint density at radius 2 is 1.81 bits per heavy atom. The molecule has 0 atom stereocenters. The van der Waals surface area contributed by atoms with E-state index in [1.54, 1.807) is 30.9 Å². The highest BCUT2D eigenvalue weighted by molar-refractivity contribution is 5.94. The van der Waals surface area contributed by atoms with Crippen molar-refractivity contribution < 1.29 is 4.79 Å². The Kier molecular flexibility index (Phi) is 6.70. The molecule has 1 N–H and O–H groups in total. The molecule has 0 aliphatic rings. The minimum absolute atomic E-state index is 0.104. The fourth-order valence-electron chi connectivity index (χ4n) is 3.82. The third-order valence-electron chi connectivity index (χ3n) is 5.56. The number of hydrogen-bond donors (Lipinski definition) is 1. The second-order valence-electron chi connectivity index (χ2n) is 7.55. The number of rotatable bonds is 8. The quantitative estimate of drug-likeness (QED) is 0.450. The molecule has 0 unspecified atom stereocenters. The molecule has 0 saturated carbocycles. The Labute approximate surface area is 188 Å². The molecule has 0 aliphatic heterocycles. The van der Waals surface area contributed by atoms with Crippen molar-refractivity contribution in [3.63, 3.8) is 0 Å². The van der Waals surface area contributed by atoms with Crippen LogP contribution < -0.4 is 10.2 Å². The lowest BCUT2D eigenvalue weighted by Crippen LogP contribution is -2.25. The van der Waals surface area contributed by atoms with Crippen LogP contribution in [0.25, 0.3) is 22.0 Å². The summed E-state index contributed by atoms with van der Waals surface area (Å²) in [4.78, 5) is 27.5. The van der Waals surface area contributed by atoms with E-state index in [0.29, 0.717) is 12.1 Å². The maximum Gasteiger partial charge on any atom is 0.252 e. The normalized spacial score (nSPS) is 10.8. The summed E-state index contributed by atoms with van der Waals surface area (Å²) in [5, 5.41) is 4.02. The molecule has 2 aromatic heterocycles. The topological polar surface area (TPSA) is 71.0 Å². The molecule has 6 nitrogen and oxygen atoms in total. The summed E-state index contributed by atoms with van der Waals surface area (Å²) in [5.74, 6) is 0.865. The number of benzene rings is 2. The van der Waals surface area contributed by atoms with E-state index in [0.717, 1.165) is 47.4 Å². The van der Waals surface area contributed by atoms with E-state index in [2.05, 4.69) is 81.5 Å². The number of nitrogens with zero attached hydrogens (tertiary/aromatic N) is 4. The largest absolute Gasteiger partial charge is 0.357 e. The summed E-state index contributed by atoms with van der Waals surface area (Å²) in [7, 11) is 0. The Balaban J connectivity index is 1.52. The van der Waals surface area contributed by atoms with Gasteiger partial charge in [0.2, 0.25) is 0 Å². The first-order valence-electron chi connectivity index (χ1n) is 11.0. The Morgan fingerprint density at radius 1 is 0.969 bits per heavy atom. The van der Waals surface area contributed by atoms with Gasteiger partial charge in [-0.1, -0.05) is 30.3 Å². The molecule has 6 heteroatoms. The molecule has 4 rings (SSSR count). The van der Waals surface area contributed by atoms with Crippen LogP contribution in [0.5, 0.6) is 0 Å². The minimum Gasteiger partial charge on any atom is -0.357 e. The summed E-state index contributed by atoms with van der Waals surface area (Å²) in [6.45, 7) is 6.63. The molecule has 2 aromatic carbocycles. The zero-order chi connectivity index (χ0) is 22.3. The van der Waals surface area contributed by atoms with Crippen molar-refractivity contribution in [2.24, 2.45) is 0 Å². The zero-order valence-corrected chi connectivity index (χ0v) is 18.5. The number of pyridine rings is 1. The van der Waals surface area contributed by atoms with Gasteiger partial charge in [0.25, 0.3) is 5.91 Å². The summed E-state index contributed by atoms with van der Waals surface area (Å²) >= 11 is 0.